The Labute approximate surface area is 239 Å². The molecule has 0 atom stereocenters. The van der Waals surface area contributed by atoms with E-state index in [1.807, 2.05) is 53.4 Å². The molecule has 0 aliphatic carbocycles. The van der Waals surface area contributed by atoms with Crippen LogP contribution in [0.1, 0.15) is 5.69 Å². The number of aromatic nitrogens is 2. The number of aromatic amines is 1. The molecule has 0 amide bonds. The van der Waals surface area contributed by atoms with Crippen LogP contribution < -0.4 is 20.1 Å². The van der Waals surface area contributed by atoms with Gasteiger partial charge in [0.1, 0.15) is 5.75 Å². The van der Waals surface area contributed by atoms with Gasteiger partial charge in [0.25, 0.3) is 5.56 Å². The molecule has 0 bridgehead atoms. The van der Waals surface area contributed by atoms with Crippen molar-refractivity contribution >= 4 is 32.4 Å². The van der Waals surface area contributed by atoms with E-state index in [9.17, 15) is 13.2 Å². The molecule has 10 nitrogen and oxygen atoms in total. The second-order valence-electron chi connectivity index (χ2n) is 10.4. The van der Waals surface area contributed by atoms with Crippen molar-refractivity contribution in [1.82, 2.24) is 19.2 Å². The van der Waals surface area contributed by atoms with Gasteiger partial charge in [-0.2, -0.15) is 4.31 Å². The Hall–Kier alpha value is -3.93. The number of H-pyrrole nitrogens is 1. The van der Waals surface area contributed by atoms with Crippen LogP contribution in [0.15, 0.2) is 82.5 Å². The number of rotatable bonds is 7. The van der Waals surface area contributed by atoms with Crippen LogP contribution in [-0.2, 0) is 16.6 Å². The lowest BCUT2D eigenvalue weighted by molar-refractivity contribution is 0.246. The van der Waals surface area contributed by atoms with E-state index >= 15 is 0 Å². The van der Waals surface area contributed by atoms with Crippen molar-refractivity contribution in [1.29, 1.82) is 0 Å². The van der Waals surface area contributed by atoms with E-state index in [-0.39, 0.29) is 5.56 Å². The predicted molar refractivity (Wildman–Crippen MR) is 160 cm³/mol. The summed E-state index contributed by atoms with van der Waals surface area (Å²) >= 11 is 0. The lowest BCUT2D eigenvalue weighted by atomic mass is 10.1. The molecule has 214 valence electrons. The summed E-state index contributed by atoms with van der Waals surface area (Å²) in [4.78, 5) is 27.0. The zero-order valence-electron chi connectivity index (χ0n) is 23.1. The van der Waals surface area contributed by atoms with E-state index in [1.54, 1.807) is 25.3 Å². The van der Waals surface area contributed by atoms with E-state index in [0.717, 1.165) is 48.4 Å². The molecule has 2 aliphatic heterocycles. The van der Waals surface area contributed by atoms with Gasteiger partial charge in [0.2, 0.25) is 16.0 Å². The van der Waals surface area contributed by atoms with Crippen molar-refractivity contribution in [3.05, 3.63) is 88.8 Å². The van der Waals surface area contributed by atoms with Crippen molar-refractivity contribution < 1.29 is 13.2 Å². The van der Waals surface area contributed by atoms with E-state index < -0.39 is 10.0 Å². The maximum atomic E-state index is 13.4. The first-order valence-electron chi connectivity index (χ1n) is 13.9. The zero-order valence-corrected chi connectivity index (χ0v) is 23.9. The largest absolute Gasteiger partial charge is 0.495 e. The van der Waals surface area contributed by atoms with E-state index in [4.69, 9.17) is 9.72 Å². The number of hydrogen-bond acceptors (Lipinski definition) is 8. The SMILES string of the molecule is COc1ccccc1N1CCN(Cc2cc(=O)[nH]c(N3CCN(S(=O)(=O)c4ccc5ccccc5c4)CC3)n2)CC1. The van der Waals surface area contributed by atoms with Crippen LogP contribution in [-0.4, -0.2) is 87.1 Å². The third-order valence-corrected chi connectivity index (χ3v) is 9.76. The van der Waals surface area contributed by atoms with Crippen LogP contribution >= 0.6 is 0 Å². The molecule has 3 aromatic carbocycles. The Morgan fingerprint density at radius 3 is 2.24 bits per heavy atom. The van der Waals surface area contributed by atoms with Crippen molar-refractivity contribution in [3.63, 3.8) is 0 Å². The summed E-state index contributed by atoms with van der Waals surface area (Å²) in [7, 11) is -1.94. The highest BCUT2D eigenvalue weighted by atomic mass is 32.2. The van der Waals surface area contributed by atoms with Crippen molar-refractivity contribution in [3.8, 4) is 5.75 Å². The van der Waals surface area contributed by atoms with Crippen LogP contribution in [0.4, 0.5) is 11.6 Å². The fourth-order valence-corrected chi connectivity index (χ4v) is 7.07. The molecule has 2 fully saturated rings. The molecular formula is C30H34N6O4S. The smallest absolute Gasteiger partial charge is 0.252 e. The molecule has 2 saturated heterocycles. The Morgan fingerprint density at radius 1 is 0.805 bits per heavy atom. The van der Waals surface area contributed by atoms with Crippen molar-refractivity contribution in [2.45, 2.75) is 11.4 Å². The maximum Gasteiger partial charge on any atom is 0.252 e. The minimum Gasteiger partial charge on any atom is -0.495 e. The van der Waals surface area contributed by atoms with Gasteiger partial charge in [-0.1, -0.05) is 42.5 Å². The van der Waals surface area contributed by atoms with Crippen LogP contribution in [0.5, 0.6) is 5.75 Å². The van der Waals surface area contributed by atoms with E-state index in [1.165, 1.54) is 4.31 Å². The van der Waals surface area contributed by atoms with E-state index in [0.29, 0.717) is 49.3 Å². The van der Waals surface area contributed by atoms with Crippen molar-refractivity contribution in [2.75, 3.05) is 69.3 Å². The topological polar surface area (TPSA) is 102 Å². The highest BCUT2D eigenvalue weighted by Crippen LogP contribution is 2.28. The van der Waals surface area contributed by atoms with Crippen LogP contribution in [0.3, 0.4) is 0 Å². The molecule has 0 unspecified atom stereocenters. The van der Waals surface area contributed by atoms with Gasteiger partial charge in [-0.3, -0.25) is 14.7 Å². The summed E-state index contributed by atoms with van der Waals surface area (Å²) in [5.74, 6) is 1.36. The molecule has 1 N–H and O–H groups in total. The first-order valence-corrected chi connectivity index (χ1v) is 15.3. The number of fused-ring (bicyclic) bond motifs is 1. The average Bonchev–Trinajstić information content (AvgIpc) is 3.01. The number of piperazine rings is 2. The number of ether oxygens (including phenoxy) is 1. The Bertz CT molecular complexity index is 1690. The van der Waals surface area contributed by atoms with Crippen molar-refractivity contribution in [2.24, 2.45) is 0 Å². The predicted octanol–water partition coefficient (Wildman–Crippen LogP) is 2.76. The maximum absolute atomic E-state index is 13.4. The Balaban J connectivity index is 1.08. The Kier molecular flexibility index (Phi) is 7.65. The number of nitrogens with zero attached hydrogens (tertiary/aromatic N) is 5. The number of anilines is 2. The van der Waals surface area contributed by atoms with Gasteiger partial charge in [0, 0.05) is 65.0 Å². The summed E-state index contributed by atoms with van der Waals surface area (Å²) in [6.07, 6.45) is 0. The molecule has 41 heavy (non-hydrogen) atoms. The highest BCUT2D eigenvalue weighted by molar-refractivity contribution is 7.89. The molecule has 6 rings (SSSR count). The van der Waals surface area contributed by atoms with Gasteiger partial charge in [0.15, 0.2) is 0 Å². The fourth-order valence-electron chi connectivity index (χ4n) is 5.61. The van der Waals surface area contributed by atoms with Gasteiger partial charge < -0.3 is 14.5 Å². The average molecular weight is 575 g/mol. The molecule has 3 heterocycles. The number of benzene rings is 3. The van der Waals surface area contributed by atoms with Gasteiger partial charge in [0.05, 0.1) is 23.4 Å². The third-order valence-electron chi connectivity index (χ3n) is 7.86. The summed E-state index contributed by atoms with van der Waals surface area (Å²) in [6, 6.07) is 22.6. The first-order chi connectivity index (χ1) is 19.9. The molecule has 11 heteroatoms. The summed E-state index contributed by atoms with van der Waals surface area (Å²) < 4.78 is 33.8. The lowest BCUT2D eigenvalue weighted by Crippen LogP contribution is -2.49. The number of nitrogens with one attached hydrogen (secondary N) is 1. The number of hydrogen-bond donors (Lipinski definition) is 1. The third kappa shape index (κ3) is 5.79. The van der Waals surface area contributed by atoms with Gasteiger partial charge in [-0.25, -0.2) is 13.4 Å². The lowest BCUT2D eigenvalue weighted by Gasteiger charge is -2.36. The molecule has 0 radical (unpaired) electrons. The second-order valence-corrected chi connectivity index (χ2v) is 12.3. The molecule has 2 aliphatic rings. The summed E-state index contributed by atoms with van der Waals surface area (Å²) in [6.45, 7) is 5.47. The second kappa shape index (κ2) is 11.5. The molecule has 0 spiro atoms. The molecule has 1 aromatic heterocycles. The molecular weight excluding hydrogens is 540 g/mol. The highest BCUT2D eigenvalue weighted by Gasteiger charge is 2.30. The number of para-hydroxylation sites is 2. The van der Waals surface area contributed by atoms with Gasteiger partial charge in [-0.15, -0.1) is 0 Å². The summed E-state index contributed by atoms with van der Waals surface area (Å²) in [5, 5.41) is 1.90. The van der Waals surface area contributed by atoms with E-state index in [2.05, 4.69) is 20.9 Å². The first kappa shape index (κ1) is 27.3. The number of methoxy groups -OCH3 is 1. The minimum absolute atomic E-state index is 0.205. The van der Waals surface area contributed by atoms with Crippen LogP contribution in [0.2, 0.25) is 0 Å². The van der Waals surface area contributed by atoms with Crippen LogP contribution in [0.25, 0.3) is 10.8 Å². The fraction of sp³-hybridized carbons (Fsp3) is 0.333. The normalized spacial score (nSPS) is 17.2. The summed E-state index contributed by atoms with van der Waals surface area (Å²) in [5.41, 5.74) is 1.59. The van der Waals surface area contributed by atoms with Crippen LogP contribution in [0, 0.1) is 0 Å². The zero-order chi connectivity index (χ0) is 28.4. The molecule has 4 aromatic rings. The van der Waals surface area contributed by atoms with Gasteiger partial charge in [-0.05, 0) is 35.0 Å². The van der Waals surface area contributed by atoms with Gasteiger partial charge >= 0.3 is 0 Å². The minimum atomic E-state index is -3.63. The Morgan fingerprint density at radius 2 is 1.49 bits per heavy atom. The quantitative estimate of drug-likeness (QED) is 0.360. The monoisotopic (exact) mass is 574 g/mol. The number of sulfonamides is 1. The molecule has 0 saturated carbocycles. The standard InChI is InChI=1S/C30H34N6O4S/c1-40-28-9-5-4-8-27(28)34-14-12-33(13-15-34)22-25-21-29(37)32-30(31-25)35-16-18-36(19-17-35)41(38,39)26-11-10-23-6-2-3-7-24(23)20-26/h2-11,20-21H,12-19,22H2,1H3,(H,31,32,37).